The van der Waals surface area contributed by atoms with Crippen LogP contribution in [0, 0.1) is 0 Å². The van der Waals surface area contributed by atoms with Gasteiger partial charge in [0.25, 0.3) is 0 Å². The molecule has 0 saturated heterocycles. The van der Waals surface area contributed by atoms with Crippen molar-refractivity contribution < 1.29 is 19.1 Å². The van der Waals surface area contributed by atoms with Gasteiger partial charge in [-0.25, -0.2) is 0 Å². The number of carbonyl (C=O) groups excluding carboxylic acids is 2. The molecule has 0 fully saturated rings. The van der Waals surface area contributed by atoms with Crippen LogP contribution in [0.1, 0.15) is 48.8 Å². The lowest BCUT2D eigenvalue weighted by Crippen LogP contribution is -2.51. The fraction of sp³-hybridized carbons (Fsp3) is 0.353. The number of ether oxygens (including phenoxy) is 2. The first-order valence-corrected chi connectivity index (χ1v) is 14.6. The van der Waals surface area contributed by atoms with E-state index in [1.807, 2.05) is 48.5 Å². The van der Waals surface area contributed by atoms with Crippen LogP contribution in [0.5, 0.6) is 11.5 Å². The molecule has 1 atom stereocenters. The molecule has 41 heavy (non-hydrogen) atoms. The number of nitrogens with one attached hydrogen (secondary N) is 1. The van der Waals surface area contributed by atoms with Gasteiger partial charge in [0.1, 0.15) is 6.04 Å². The fourth-order valence-electron chi connectivity index (χ4n) is 5.20. The second-order valence-corrected chi connectivity index (χ2v) is 10.8. The van der Waals surface area contributed by atoms with E-state index in [2.05, 4.69) is 11.4 Å². The molecular weight excluding hydrogens is 536 g/mol. The molecule has 3 aromatic rings. The maximum absolute atomic E-state index is 14.0. The SMILES string of the molecule is COc1ccc(CC(=O)N(Cc2ccc(Cl)cc2)[C@H](Cc2ccccc2)C(=O)NCCC2=CCCCC2)cc1OC. The summed E-state index contributed by atoms with van der Waals surface area (Å²) in [5.41, 5.74) is 4.06. The Bertz CT molecular complexity index is 1320. The Labute approximate surface area is 248 Å². The van der Waals surface area contributed by atoms with Crippen molar-refractivity contribution in [2.75, 3.05) is 20.8 Å². The van der Waals surface area contributed by atoms with E-state index in [0.29, 0.717) is 29.5 Å². The van der Waals surface area contributed by atoms with Crippen LogP contribution < -0.4 is 14.8 Å². The normalized spacial score (nSPS) is 13.6. The Kier molecular flexibility index (Phi) is 11.3. The Morgan fingerprint density at radius 1 is 0.902 bits per heavy atom. The van der Waals surface area contributed by atoms with Crippen LogP contribution >= 0.6 is 11.6 Å². The van der Waals surface area contributed by atoms with Gasteiger partial charge in [-0.3, -0.25) is 9.59 Å². The van der Waals surface area contributed by atoms with E-state index >= 15 is 0 Å². The lowest BCUT2D eigenvalue weighted by molar-refractivity contribution is -0.140. The molecule has 0 heterocycles. The summed E-state index contributed by atoms with van der Waals surface area (Å²) in [4.78, 5) is 29.6. The largest absolute Gasteiger partial charge is 0.493 e. The standard InChI is InChI=1S/C34H39ClN2O4/c1-40-31-18-15-28(22-32(31)41-2)23-33(38)37(24-27-13-16-29(35)17-14-27)30(21-26-11-7-4-8-12-26)34(39)36-20-19-25-9-5-3-6-10-25/h4,7-9,11-18,22,30H,3,5-6,10,19-21,23-24H2,1-2H3,(H,36,39)/t30-/m1/s1. The summed E-state index contributed by atoms with van der Waals surface area (Å²) in [6.45, 7) is 0.827. The lowest BCUT2D eigenvalue weighted by Gasteiger charge is -2.32. The van der Waals surface area contributed by atoms with Gasteiger partial charge < -0.3 is 19.7 Å². The van der Waals surface area contributed by atoms with Crippen molar-refractivity contribution in [1.29, 1.82) is 0 Å². The average Bonchev–Trinajstić information content (AvgIpc) is 3.00. The summed E-state index contributed by atoms with van der Waals surface area (Å²) in [6.07, 6.45) is 8.29. The van der Waals surface area contributed by atoms with E-state index in [4.69, 9.17) is 21.1 Å². The first-order valence-electron chi connectivity index (χ1n) is 14.2. The predicted molar refractivity (Wildman–Crippen MR) is 163 cm³/mol. The molecule has 3 aromatic carbocycles. The number of benzene rings is 3. The zero-order chi connectivity index (χ0) is 29.0. The van der Waals surface area contributed by atoms with Crippen LogP contribution in [0.15, 0.2) is 84.4 Å². The van der Waals surface area contributed by atoms with Gasteiger partial charge in [0.05, 0.1) is 20.6 Å². The Hall–Kier alpha value is -3.77. The number of hydrogen-bond donors (Lipinski definition) is 1. The van der Waals surface area contributed by atoms with Gasteiger partial charge in [0.15, 0.2) is 11.5 Å². The van der Waals surface area contributed by atoms with E-state index < -0.39 is 6.04 Å². The van der Waals surface area contributed by atoms with E-state index in [1.165, 1.54) is 18.4 Å². The van der Waals surface area contributed by atoms with Crippen molar-refractivity contribution in [3.8, 4) is 11.5 Å². The van der Waals surface area contributed by atoms with Crippen molar-refractivity contribution in [1.82, 2.24) is 10.2 Å². The summed E-state index contributed by atoms with van der Waals surface area (Å²) in [5, 5.41) is 3.76. The van der Waals surface area contributed by atoms with E-state index in [-0.39, 0.29) is 24.8 Å². The number of nitrogens with zero attached hydrogens (tertiary/aromatic N) is 1. The molecule has 1 aliphatic carbocycles. The average molecular weight is 575 g/mol. The maximum atomic E-state index is 14.0. The predicted octanol–water partition coefficient (Wildman–Crippen LogP) is 6.55. The number of carbonyl (C=O) groups is 2. The molecule has 1 N–H and O–H groups in total. The van der Waals surface area contributed by atoms with Gasteiger partial charge in [-0.15, -0.1) is 0 Å². The topological polar surface area (TPSA) is 67.9 Å². The maximum Gasteiger partial charge on any atom is 0.243 e. The number of amides is 2. The molecule has 4 rings (SSSR count). The van der Waals surface area contributed by atoms with E-state index in [9.17, 15) is 9.59 Å². The molecule has 0 radical (unpaired) electrons. The quantitative estimate of drug-likeness (QED) is 0.235. The fourth-order valence-corrected chi connectivity index (χ4v) is 5.33. The molecule has 2 amide bonds. The van der Waals surface area contributed by atoms with Crippen LogP contribution in [0.2, 0.25) is 5.02 Å². The smallest absolute Gasteiger partial charge is 0.243 e. The van der Waals surface area contributed by atoms with Crippen molar-refractivity contribution in [2.24, 2.45) is 0 Å². The third-order valence-electron chi connectivity index (χ3n) is 7.47. The highest BCUT2D eigenvalue weighted by Gasteiger charge is 2.30. The van der Waals surface area contributed by atoms with Crippen LogP contribution in [0.3, 0.4) is 0 Å². The Morgan fingerprint density at radius 2 is 1.63 bits per heavy atom. The van der Waals surface area contributed by atoms with E-state index in [0.717, 1.165) is 36.0 Å². The van der Waals surface area contributed by atoms with Gasteiger partial charge >= 0.3 is 0 Å². The third kappa shape index (κ3) is 8.86. The monoisotopic (exact) mass is 574 g/mol. The second kappa shape index (κ2) is 15.3. The lowest BCUT2D eigenvalue weighted by atomic mass is 9.97. The number of methoxy groups -OCH3 is 2. The summed E-state index contributed by atoms with van der Waals surface area (Å²) < 4.78 is 10.8. The first kappa shape index (κ1) is 30.2. The third-order valence-corrected chi connectivity index (χ3v) is 7.72. The molecule has 0 aliphatic heterocycles. The van der Waals surface area contributed by atoms with Crippen LogP contribution in [0.4, 0.5) is 0 Å². The minimum absolute atomic E-state index is 0.111. The molecule has 0 bridgehead atoms. The molecule has 0 spiro atoms. The van der Waals surface area contributed by atoms with Gasteiger partial charge in [0.2, 0.25) is 11.8 Å². The van der Waals surface area contributed by atoms with Crippen molar-refractivity contribution in [3.63, 3.8) is 0 Å². The number of rotatable bonds is 13. The van der Waals surface area contributed by atoms with Gasteiger partial charge in [-0.05, 0) is 73.1 Å². The molecule has 0 saturated carbocycles. The minimum atomic E-state index is -0.693. The number of halogens is 1. The van der Waals surface area contributed by atoms with Gasteiger partial charge in [-0.1, -0.05) is 71.8 Å². The van der Waals surface area contributed by atoms with Crippen LogP contribution in [-0.4, -0.2) is 43.5 Å². The van der Waals surface area contributed by atoms with Crippen molar-refractivity contribution in [3.05, 3.63) is 106 Å². The Morgan fingerprint density at radius 3 is 2.32 bits per heavy atom. The summed E-state index contributed by atoms with van der Waals surface area (Å²) in [6, 6.07) is 22.0. The molecule has 0 unspecified atom stereocenters. The van der Waals surface area contributed by atoms with E-state index in [1.54, 1.807) is 43.4 Å². The van der Waals surface area contributed by atoms with Crippen LogP contribution in [-0.2, 0) is 29.0 Å². The highest BCUT2D eigenvalue weighted by Crippen LogP contribution is 2.28. The van der Waals surface area contributed by atoms with Crippen molar-refractivity contribution in [2.45, 2.75) is 57.5 Å². The minimum Gasteiger partial charge on any atom is -0.493 e. The van der Waals surface area contributed by atoms with Gasteiger partial charge in [0, 0.05) is 24.5 Å². The van der Waals surface area contributed by atoms with Gasteiger partial charge in [-0.2, -0.15) is 0 Å². The van der Waals surface area contributed by atoms with Crippen molar-refractivity contribution >= 4 is 23.4 Å². The molecule has 216 valence electrons. The molecule has 6 nitrogen and oxygen atoms in total. The first-order chi connectivity index (χ1) is 20.0. The summed E-state index contributed by atoms with van der Waals surface area (Å²) in [7, 11) is 3.15. The molecule has 0 aromatic heterocycles. The van der Waals surface area contributed by atoms with Crippen LogP contribution in [0.25, 0.3) is 0 Å². The number of allylic oxidation sites excluding steroid dienone is 1. The second-order valence-electron chi connectivity index (χ2n) is 10.4. The zero-order valence-electron chi connectivity index (χ0n) is 23.9. The summed E-state index contributed by atoms with van der Waals surface area (Å²) >= 11 is 6.14. The molecular formula is C34H39ClN2O4. The molecule has 1 aliphatic rings. The number of hydrogen-bond acceptors (Lipinski definition) is 4. The Balaban J connectivity index is 1.61. The summed E-state index contributed by atoms with van der Waals surface area (Å²) in [5.74, 6) is 0.840. The highest BCUT2D eigenvalue weighted by atomic mass is 35.5. The zero-order valence-corrected chi connectivity index (χ0v) is 24.7. The highest BCUT2D eigenvalue weighted by molar-refractivity contribution is 6.30. The molecule has 7 heteroatoms.